The maximum atomic E-state index is 13.9. The molecule has 2 heterocycles. The minimum absolute atomic E-state index is 0.0377. The number of aryl methyl sites for hydroxylation is 1. The van der Waals surface area contributed by atoms with Gasteiger partial charge in [0.1, 0.15) is 34.5 Å². The van der Waals surface area contributed by atoms with Gasteiger partial charge in [-0.05, 0) is 48.7 Å². The van der Waals surface area contributed by atoms with Crippen LogP contribution >= 0.6 is 0 Å². The van der Waals surface area contributed by atoms with E-state index in [1.165, 1.54) is 20.4 Å². The Bertz CT molecular complexity index is 1520. The van der Waals surface area contributed by atoms with Crippen LogP contribution in [0.1, 0.15) is 42.4 Å². The number of rotatable bonds is 9. The van der Waals surface area contributed by atoms with Gasteiger partial charge in [0.05, 0.1) is 42.8 Å². The lowest BCUT2D eigenvalue weighted by Crippen LogP contribution is -2.14. The highest BCUT2D eigenvalue weighted by atomic mass is 19.4. The van der Waals surface area contributed by atoms with Gasteiger partial charge in [0.25, 0.3) is 5.56 Å². The van der Waals surface area contributed by atoms with Crippen LogP contribution in [0.3, 0.4) is 0 Å². The number of aromatic hydroxyl groups is 1. The fourth-order valence-electron chi connectivity index (χ4n) is 4.48. The smallest absolute Gasteiger partial charge is 0.416 e. The Kier molecular flexibility index (Phi) is 7.98. The molecule has 0 unspecified atom stereocenters. The molecule has 0 saturated carbocycles. The molecule has 206 valence electrons. The molecule has 4 aromatic rings. The third-order valence-electron chi connectivity index (χ3n) is 6.28. The van der Waals surface area contributed by atoms with Crippen LogP contribution in [0, 0.1) is 5.82 Å². The molecule has 0 aliphatic rings. The maximum absolute atomic E-state index is 13.9. The Morgan fingerprint density at radius 3 is 2.31 bits per heavy atom. The Balaban J connectivity index is 1.83. The van der Waals surface area contributed by atoms with Crippen molar-refractivity contribution in [2.75, 3.05) is 14.2 Å². The fraction of sp³-hybridized carbons (Fsp3) is 0.286. The highest BCUT2D eigenvalue weighted by molar-refractivity contribution is 5.87. The molecule has 2 aromatic heterocycles. The summed E-state index contributed by atoms with van der Waals surface area (Å²) in [5.74, 6) is -0.365. The van der Waals surface area contributed by atoms with Crippen LogP contribution in [0.4, 0.5) is 17.6 Å². The van der Waals surface area contributed by atoms with Crippen molar-refractivity contribution in [1.29, 1.82) is 0 Å². The summed E-state index contributed by atoms with van der Waals surface area (Å²) in [6.45, 7) is 2.00. The van der Waals surface area contributed by atoms with E-state index in [4.69, 9.17) is 9.47 Å². The molecular weight excluding hydrogens is 518 g/mol. The average molecular weight is 546 g/mol. The van der Waals surface area contributed by atoms with Crippen molar-refractivity contribution in [2.45, 2.75) is 38.8 Å². The molecule has 0 amide bonds. The molecule has 0 radical (unpaired) electrons. The number of H-pyrrole nitrogens is 2. The summed E-state index contributed by atoms with van der Waals surface area (Å²) in [6.07, 6.45) is -1.54. The second-order valence-electron chi connectivity index (χ2n) is 8.94. The molecule has 2 aromatic carbocycles. The summed E-state index contributed by atoms with van der Waals surface area (Å²) < 4.78 is 64.3. The van der Waals surface area contributed by atoms with E-state index in [9.17, 15) is 27.5 Å². The zero-order valence-corrected chi connectivity index (χ0v) is 21.5. The number of pyridine rings is 1. The van der Waals surface area contributed by atoms with Crippen LogP contribution in [-0.4, -0.2) is 34.3 Å². The molecule has 0 bridgehead atoms. The minimum Gasteiger partial charge on any atom is -0.506 e. The normalized spacial score (nSPS) is 11.6. The SMILES string of the molecule is CCCCc1[nH]c(=O)c(-c2cnc(Cc3cc(F)cc(C(F)(F)F)c3)[nH]2)c(O)c1-c1c(OC)cccc1OC. The van der Waals surface area contributed by atoms with Crippen molar-refractivity contribution >= 4 is 0 Å². The van der Waals surface area contributed by atoms with Gasteiger partial charge in [-0.2, -0.15) is 13.2 Å². The van der Waals surface area contributed by atoms with Crippen molar-refractivity contribution in [2.24, 2.45) is 0 Å². The fourth-order valence-corrected chi connectivity index (χ4v) is 4.48. The molecule has 7 nitrogen and oxygen atoms in total. The number of benzene rings is 2. The number of nitrogens with one attached hydrogen (secondary N) is 2. The monoisotopic (exact) mass is 545 g/mol. The molecule has 0 aliphatic carbocycles. The number of hydrogen-bond donors (Lipinski definition) is 3. The Hall–Kier alpha value is -4.28. The van der Waals surface area contributed by atoms with E-state index in [0.29, 0.717) is 40.8 Å². The van der Waals surface area contributed by atoms with Gasteiger partial charge in [-0.3, -0.25) is 4.79 Å². The van der Waals surface area contributed by atoms with Crippen LogP contribution in [0.25, 0.3) is 22.4 Å². The molecule has 0 aliphatic heterocycles. The first-order valence-electron chi connectivity index (χ1n) is 12.2. The minimum atomic E-state index is -4.71. The van der Waals surface area contributed by atoms with Crippen LogP contribution < -0.4 is 15.0 Å². The number of aromatic nitrogens is 3. The van der Waals surface area contributed by atoms with Gasteiger partial charge in [0.2, 0.25) is 0 Å². The molecule has 4 rings (SSSR count). The summed E-state index contributed by atoms with van der Waals surface area (Å²) in [6, 6.07) is 7.37. The van der Waals surface area contributed by atoms with E-state index < -0.39 is 23.1 Å². The third kappa shape index (κ3) is 5.76. The Labute approximate surface area is 221 Å². The number of hydrogen-bond acceptors (Lipinski definition) is 5. The highest BCUT2D eigenvalue weighted by Gasteiger charge is 2.31. The number of methoxy groups -OCH3 is 2. The van der Waals surface area contributed by atoms with E-state index >= 15 is 0 Å². The Morgan fingerprint density at radius 1 is 1.00 bits per heavy atom. The summed E-state index contributed by atoms with van der Waals surface area (Å²) in [5.41, 5.74) is -0.388. The Morgan fingerprint density at radius 2 is 1.69 bits per heavy atom. The van der Waals surface area contributed by atoms with Crippen molar-refractivity contribution in [3.05, 3.63) is 81.4 Å². The lowest BCUT2D eigenvalue weighted by Gasteiger charge is -2.19. The van der Waals surface area contributed by atoms with Gasteiger partial charge >= 0.3 is 6.18 Å². The number of imidazole rings is 1. The van der Waals surface area contributed by atoms with Gasteiger partial charge in [-0.25, -0.2) is 9.37 Å². The summed E-state index contributed by atoms with van der Waals surface area (Å²) in [5, 5.41) is 11.5. The van der Waals surface area contributed by atoms with E-state index in [0.717, 1.165) is 25.0 Å². The standard InChI is InChI=1S/C28H27F4N3O4/c1-4-5-7-18-23(25-20(38-2)8-6-9-21(25)39-3)26(36)24(27(37)35-18)19-14-33-22(34-19)12-15-10-16(28(30,31)32)13-17(29)11-15/h6,8-11,13-14H,4-5,7,12H2,1-3H3,(H,33,34)(H2,35,36,37). The molecular formula is C28H27F4N3O4. The van der Waals surface area contributed by atoms with Crippen molar-refractivity contribution in [1.82, 2.24) is 15.0 Å². The number of aromatic amines is 2. The predicted octanol–water partition coefficient (Wildman–Crippen LogP) is 6.25. The molecule has 11 heteroatoms. The number of ether oxygens (including phenoxy) is 2. The van der Waals surface area contributed by atoms with Crippen LogP contribution in [0.2, 0.25) is 0 Å². The number of halogens is 4. The van der Waals surface area contributed by atoms with Gasteiger partial charge in [-0.1, -0.05) is 19.4 Å². The molecule has 0 saturated heterocycles. The topological polar surface area (TPSA) is 100 Å². The zero-order valence-electron chi connectivity index (χ0n) is 21.5. The summed E-state index contributed by atoms with van der Waals surface area (Å²) >= 11 is 0. The predicted molar refractivity (Wildman–Crippen MR) is 138 cm³/mol. The van der Waals surface area contributed by atoms with Crippen molar-refractivity contribution < 1.29 is 32.1 Å². The lowest BCUT2D eigenvalue weighted by atomic mass is 9.95. The second-order valence-corrected chi connectivity index (χ2v) is 8.94. The van der Waals surface area contributed by atoms with Gasteiger partial charge in [-0.15, -0.1) is 0 Å². The largest absolute Gasteiger partial charge is 0.506 e. The van der Waals surface area contributed by atoms with Crippen molar-refractivity contribution in [3.8, 4) is 39.6 Å². The van der Waals surface area contributed by atoms with Gasteiger partial charge in [0, 0.05) is 12.1 Å². The third-order valence-corrected chi connectivity index (χ3v) is 6.28. The van der Waals surface area contributed by atoms with Crippen LogP contribution in [0.5, 0.6) is 17.2 Å². The quantitative estimate of drug-likeness (QED) is 0.216. The molecule has 0 spiro atoms. The van der Waals surface area contributed by atoms with E-state index in [-0.39, 0.29) is 34.8 Å². The number of alkyl halides is 3. The zero-order chi connectivity index (χ0) is 28.3. The maximum Gasteiger partial charge on any atom is 0.416 e. The number of unbranched alkanes of at least 4 members (excludes halogenated alkanes) is 1. The highest BCUT2D eigenvalue weighted by Crippen LogP contribution is 2.46. The number of nitrogens with zero attached hydrogens (tertiary/aromatic N) is 1. The van der Waals surface area contributed by atoms with E-state index in [1.54, 1.807) is 18.2 Å². The average Bonchev–Trinajstić information content (AvgIpc) is 3.33. The van der Waals surface area contributed by atoms with E-state index in [2.05, 4.69) is 15.0 Å². The molecule has 0 fully saturated rings. The summed E-state index contributed by atoms with van der Waals surface area (Å²) in [7, 11) is 2.96. The summed E-state index contributed by atoms with van der Waals surface area (Å²) in [4.78, 5) is 23.1. The second kappa shape index (κ2) is 11.2. The molecule has 3 N–H and O–H groups in total. The van der Waals surface area contributed by atoms with Crippen molar-refractivity contribution in [3.63, 3.8) is 0 Å². The van der Waals surface area contributed by atoms with Gasteiger partial charge < -0.3 is 24.5 Å². The van der Waals surface area contributed by atoms with Crippen LogP contribution in [0.15, 0.2) is 47.4 Å². The lowest BCUT2D eigenvalue weighted by molar-refractivity contribution is -0.137. The van der Waals surface area contributed by atoms with E-state index in [1.807, 2.05) is 6.92 Å². The first-order valence-corrected chi connectivity index (χ1v) is 12.2. The molecule has 39 heavy (non-hydrogen) atoms. The molecule has 0 atom stereocenters. The first kappa shape index (κ1) is 27.7. The first-order chi connectivity index (χ1) is 18.6. The van der Waals surface area contributed by atoms with Crippen LogP contribution in [-0.2, 0) is 19.0 Å². The van der Waals surface area contributed by atoms with Gasteiger partial charge in [0.15, 0.2) is 0 Å².